The van der Waals surface area contributed by atoms with Gasteiger partial charge in [0, 0.05) is 31.1 Å². The Morgan fingerprint density at radius 3 is 2.69 bits per heavy atom. The van der Waals surface area contributed by atoms with Gasteiger partial charge in [0.2, 0.25) is 5.95 Å². The number of hydrogen-bond donors (Lipinski definition) is 3. The molecule has 1 fully saturated rings. The molecule has 170 valence electrons. The number of aromatic nitrogens is 4. The molecule has 0 spiro atoms. The van der Waals surface area contributed by atoms with Gasteiger partial charge in [0.05, 0.1) is 46.3 Å². The molecule has 0 amide bonds. The van der Waals surface area contributed by atoms with Gasteiger partial charge in [0.15, 0.2) is 5.82 Å². The highest BCUT2D eigenvalue weighted by atomic mass is 35.5. The molecule has 2 aromatic heterocycles. The molecular formula is C21H25ClN6O3S. The molecule has 32 heavy (non-hydrogen) atoms. The zero-order chi connectivity index (χ0) is 22.3. The predicted molar refractivity (Wildman–Crippen MR) is 122 cm³/mol. The molecule has 2 aromatic rings. The van der Waals surface area contributed by atoms with Crippen LogP contribution in [0.15, 0.2) is 23.4 Å². The van der Waals surface area contributed by atoms with Crippen LogP contribution in [-0.2, 0) is 17.2 Å². The van der Waals surface area contributed by atoms with Crippen molar-refractivity contribution in [2.45, 2.75) is 48.6 Å². The van der Waals surface area contributed by atoms with Gasteiger partial charge < -0.3 is 20.4 Å². The third-order valence-corrected chi connectivity index (χ3v) is 8.13. The van der Waals surface area contributed by atoms with Gasteiger partial charge in [0.25, 0.3) is 0 Å². The van der Waals surface area contributed by atoms with Crippen molar-refractivity contribution < 1.29 is 14.4 Å². The highest BCUT2D eigenvalue weighted by Gasteiger charge is 2.39. The van der Waals surface area contributed by atoms with Gasteiger partial charge in [-0.25, -0.2) is 15.0 Å². The third-order valence-electron chi connectivity index (χ3n) is 6.48. The largest absolute Gasteiger partial charge is 0.394 e. The molecule has 5 rings (SSSR count). The van der Waals surface area contributed by atoms with Gasteiger partial charge in [-0.1, -0.05) is 17.7 Å². The van der Waals surface area contributed by atoms with Crippen molar-refractivity contribution >= 4 is 39.7 Å². The van der Waals surface area contributed by atoms with E-state index in [2.05, 4.69) is 15.3 Å². The van der Waals surface area contributed by atoms with Crippen LogP contribution in [0, 0.1) is 0 Å². The molecule has 3 N–H and O–H groups in total. The number of anilines is 2. The number of rotatable bonds is 6. The zero-order valence-corrected chi connectivity index (χ0v) is 19.1. The fraction of sp³-hybridized carbons (Fsp3) is 0.524. The van der Waals surface area contributed by atoms with Gasteiger partial charge in [-0.05, 0) is 31.3 Å². The Balaban J connectivity index is 1.48. The molecular weight excluding hydrogens is 452 g/mol. The van der Waals surface area contributed by atoms with E-state index in [1.54, 1.807) is 12.4 Å². The van der Waals surface area contributed by atoms with Crippen molar-refractivity contribution in [3.8, 4) is 0 Å². The zero-order valence-electron chi connectivity index (χ0n) is 17.5. The Morgan fingerprint density at radius 2 is 2.03 bits per heavy atom. The molecule has 2 atom stereocenters. The topological polar surface area (TPSA) is 124 Å². The van der Waals surface area contributed by atoms with Crippen LogP contribution in [0.2, 0.25) is 5.02 Å². The average Bonchev–Trinajstić information content (AvgIpc) is 3.17. The maximum absolute atomic E-state index is 12.6. The summed E-state index contributed by atoms with van der Waals surface area (Å²) in [6.07, 6.45) is 9.02. The van der Waals surface area contributed by atoms with E-state index in [0.29, 0.717) is 52.6 Å². The maximum atomic E-state index is 12.6. The van der Waals surface area contributed by atoms with E-state index in [1.165, 1.54) is 0 Å². The monoisotopic (exact) mass is 476 g/mol. The quantitative estimate of drug-likeness (QED) is 0.569. The first-order valence-electron chi connectivity index (χ1n) is 10.7. The van der Waals surface area contributed by atoms with Crippen LogP contribution in [0.25, 0.3) is 5.57 Å². The molecule has 0 bridgehead atoms. The Bertz CT molecular complexity index is 1070. The second-order valence-corrected chi connectivity index (χ2v) is 10.5. The fourth-order valence-corrected chi connectivity index (χ4v) is 5.85. The van der Waals surface area contributed by atoms with Gasteiger partial charge in [-0.15, -0.1) is 0 Å². The minimum absolute atomic E-state index is 0.00388. The van der Waals surface area contributed by atoms with Crippen molar-refractivity contribution in [2.75, 3.05) is 35.7 Å². The Kier molecular flexibility index (Phi) is 5.87. The van der Waals surface area contributed by atoms with Crippen LogP contribution in [0.3, 0.4) is 0 Å². The summed E-state index contributed by atoms with van der Waals surface area (Å²) in [6, 6.07) is -0.248. The third kappa shape index (κ3) is 3.89. The molecule has 0 radical (unpaired) electrons. The second kappa shape index (κ2) is 8.66. The Hall–Kier alpha value is -2.14. The van der Waals surface area contributed by atoms with Gasteiger partial charge in [0.1, 0.15) is 10.7 Å². The van der Waals surface area contributed by atoms with E-state index in [-0.39, 0.29) is 19.3 Å². The lowest BCUT2D eigenvalue weighted by Gasteiger charge is -2.42. The summed E-state index contributed by atoms with van der Waals surface area (Å²) in [6.45, 7) is 0.406. The van der Waals surface area contributed by atoms with Crippen LogP contribution in [0.5, 0.6) is 0 Å². The van der Waals surface area contributed by atoms with E-state index in [1.807, 2.05) is 11.0 Å². The van der Waals surface area contributed by atoms with Crippen molar-refractivity contribution in [1.82, 2.24) is 19.9 Å². The Morgan fingerprint density at radius 1 is 1.25 bits per heavy atom. The summed E-state index contributed by atoms with van der Waals surface area (Å²) in [5, 5.41) is 23.9. The lowest BCUT2D eigenvalue weighted by atomic mass is 9.77. The number of aliphatic hydroxyl groups excluding tert-OH is 2. The number of aliphatic hydroxyl groups is 2. The summed E-state index contributed by atoms with van der Waals surface area (Å²) in [5.74, 6) is 2.15. The number of halogens is 1. The fourth-order valence-electron chi connectivity index (χ4n) is 4.45. The molecule has 4 heterocycles. The summed E-state index contributed by atoms with van der Waals surface area (Å²) >= 11 is 5.90. The molecule has 3 aliphatic rings. The van der Waals surface area contributed by atoms with E-state index in [0.717, 1.165) is 30.5 Å². The highest BCUT2D eigenvalue weighted by Crippen LogP contribution is 2.39. The van der Waals surface area contributed by atoms with Gasteiger partial charge in [-0.2, -0.15) is 4.98 Å². The van der Waals surface area contributed by atoms with Crippen LogP contribution >= 0.6 is 11.6 Å². The summed E-state index contributed by atoms with van der Waals surface area (Å²) < 4.78 is 12.6. The van der Waals surface area contributed by atoms with E-state index < -0.39 is 16.3 Å². The summed E-state index contributed by atoms with van der Waals surface area (Å²) in [7, 11) is -1.16. The van der Waals surface area contributed by atoms with Crippen LogP contribution < -0.4 is 10.2 Å². The van der Waals surface area contributed by atoms with Crippen molar-refractivity contribution in [2.24, 2.45) is 0 Å². The number of aryl methyl sites for hydroxylation is 1. The number of hydrogen-bond acceptors (Lipinski definition) is 9. The maximum Gasteiger partial charge on any atom is 0.228 e. The van der Waals surface area contributed by atoms with Crippen molar-refractivity contribution in [1.29, 1.82) is 0 Å². The minimum Gasteiger partial charge on any atom is -0.394 e. The number of nitrogens with zero attached hydrogens (tertiary/aromatic N) is 5. The molecule has 0 saturated heterocycles. The molecule has 9 nitrogen and oxygen atoms in total. The van der Waals surface area contributed by atoms with E-state index in [9.17, 15) is 14.4 Å². The molecule has 1 saturated carbocycles. The van der Waals surface area contributed by atoms with Crippen LogP contribution in [0.1, 0.15) is 37.2 Å². The Labute approximate surface area is 193 Å². The van der Waals surface area contributed by atoms with Crippen molar-refractivity contribution in [3.63, 3.8) is 0 Å². The average molecular weight is 477 g/mol. The summed E-state index contributed by atoms with van der Waals surface area (Å²) in [4.78, 5) is 20.7. The molecule has 0 aromatic carbocycles. The van der Waals surface area contributed by atoms with Crippen LogP contribution in [-0.4, -0.2) is 71.5 Å². The lowest BCUT2D eigenvalue weighted by Crippen LogP contribution is -2.49. The van der Waals surface area contributed by atoms with Gasteiger partial charge >= 0.3 is 0 Å². The molecule has 11 heteroatoms. The van der Waals surface area contributed by atoms with Gasteiger partial charge in [-0.3, -0.25) is 4.21 Å². The second-order valence-electron chi connectivity index (χ2n) is 8.51. The first kappa shape index (κ1) is 21.7. The minimum atomic E-state index is -1.16. The molecule has 1 aliphatic carbocycles. The standard InChI is InChI=1S/C21H25ClN6O3S/c22-14-9-23-18(24-10-14)13-2-6-28(15(8-13)11-29)20-25-16-3-7-32(31)17(16)19(26-20)27-21(12-30)4-1-5-21/h2,9-10,15,29-30H,1,3-8,11-12H2,(H,25,26,27)/t15-,32-/m1/s1. The summed E-state index contributed by atoms with van der Waals surface area (Å²) in [5.41, 5.74) is 1.30. The highest BCUT2D eigenvalue weighted by molar-refractivity contribution is 7.85. The van der Waals surface area contributed by atoms with E-state index in [4.69, 9.17) is 21.6 Å². The lowest BCUT2D eigenvalue weighted by molar-refractivity contribution is 0.143. The smallest absolute Gasteiger partial charge is 0.228 e. The number of nitrogens with one attached hydrogen (secondary N) is 1. The first-order valence-corrected chi connectivity index (χ1v) is 12.4. The number of fused-ring (bicyclic) bond motifs is 1. The van der Waals surface area contributed by atoms with E-state index >= 15 is 0 Å². The normalized spacial score (nSPS) is 24.0. The predicted octanol–water partition coefficient (Wildman–Crippen LogP) is 1.57. The van der Waals surface area contributed by atoms with Crippen molar-refractivity contribution in [3.05, 3.63) is 35.0 Å². The first-order chi connectivity index (χ1) is 15.5. The van der Waals surface area contributed by atoms with Crippen LogP contribution in [0.4, 0.5) is 11.8 Å². The SMILES string of the molecule is O=[S@@]1CCc2nc(N3CC=C(c4ncc(Cl)cn4)C[C@@H]3CO)nc(NC3(CO)CCC3)c21. The molecule has 0 unspecified atom stereocenters. The molecule has 2 aliphatic heterocycles.